The predicted molar refractivity (Wildman–Crippen MR) is 67.3 cm³/mol. The van der Waals surface area contributed by atoms with Crippen LogP contribution in [0.2, 0.25) is 0 Å². The van der Waals surface area contributed by atoms with Crippen LogP contribution in [0.15, 0.2) is 18.2 Å². The fourth-order valence-corrected chi connectivity index (χ4v) is 2.13. The molecule has 4 N–H and O–H groups in total. The molecule has 1 fully saturated rings. The van der Waals surface area contributed by atoms with Crippen LogP contribution < -0.4 is 11.1 Å². The van der Waals surface area contributed by atoms with Crippen molar-refractivity contribution >= 4 is 17.6 Å². The molecular formula is C13H15FN2O3. The summed E-state index contributed by atoms with van der Waals surface area (Å²) in [7, 11) is 0. The molecule has 1 aromatic rings. The molecule has 0 bridgehead atoms. The van der Waals surface area contributed by atoms with Crippen LogP contribution in [0.4, 0.5) is 10.1 Å². The van der Waals surface area contributed by atoms with Crippen molar-refractivity contribution in [3.63, 3.8) is 0 Å². The summed E-state index contributed by atoms with van der Waals surface area (Å²) in [6.45, 7) is 0.230. The van der Waals surface area contributed by atoms with Gasteiger partial charge in [-0.15, -0.1) is 0 Å². The molecule has 0 spiro atoms. The van der Waals surface area contributed by atoms with E-state index >= 15 is 0 Å². The number of amides is 1. The van der Waals surface area contributed by atoms with E-state index in [-0.39, 0.29) is 23.7 Å². The van der Waals surface area contributed by atoms with E-state index in [1.807, 2.05) is 0 Å². The predicted octanol–water partition coefficient (Wildman–Crippen LogP) is 1.59. The van der Waals surface area contributed by atoms with Gasteiger partial charge in [0.2, 0.25) is 5.91 Å². The van der Waals surface area contributed by atoms with Crippen LogP contribution in [0.1, 0.15) is 29.6 Å². The Balaban J connectivity index is 2.15. The lowest BCUT2D eigenvalue weighted by Crippen LogP contribution is -2.47. The maximum atomic E-state index is 13.7. The lowest BCUT2D eigenvalue weighted by molar-refractivity contribution is -0.129. The van der Waals surface area contributed by atoms with Crippen LogP contribution in [0.3, 0.4) is 0 Å². The van der Waals surface area contributed by atoms with Gasteiger partial charge in [0, 0.05) is 6.54 Å². The molecule has 0 aliphatic heterocycles. The zero-order valence-electron chi connectivity index (χ0n) is 10.3. The average Bonchev–Trinajstić information content (AvgIpc) is 2.30. The van der Waals surface area contributed by atoms with Crippen LogP contribution in [0, 0.1) is 11.2 Å². The van der Waals surface area contributed by atoms with E-state index in [9.17, 15) is 14.0 Å². The Bertz CT molecular complexity index is 521. The molecule has 0 unspecified atom stereocenters. The number of carbonyl (C=O) groups excluding carboxylic acids is 1. The van der Waals surface area contributed by atoms with Gasteiger partial charge in [0.15, 0.2) is 0 Å². The number of halogens is 1. The van der Waals surface area contributed by atoms with E-state index in [0.29, 0.717) is 12.8 Å². The Morgan fingerprint density at radius 3 is 2.53 bits per heavy atom. The SMILES string of the molecule is NCC1(C(=O)Nc2ccc(C(=O)O)cc2F)CCC1. The van der Waals surface area contributed by atoms with E-state index in [1.165, 1.54) is 12.1 Å². The zero-order chi connectivity index (χ0) is 14.0. The Labute approximate surface area is 109 Å². The van der Waals surface area contributed by atoms with Gasteiger partial charge in [0.25, 0.3) is 0 Å². The van der Waals surface area contributed by atoms with E-state index < -0.39 is 17.2 Å². The molecule has 6 heteroatoms. The number of carbonyl (C=O) groups is 2. The number of carboxylic acid groups (broad SMARTS) is 1. The smallest absolute Gasteiger partial charge is 0.335 e. The molecule has 1 aromatic carbocycles. The van der Waals surface area contributed by atoms with Crippen molar-refractivity contribution in [1.82, 2.24) is 0 Å². The summed E-state index contributed by atoms with van der Waals surface area (Å²) in [5.41, 5.74) is 4.82. The summed E-state index contributed by atoms with van der Waals surface area (Å²) in [6.07, 6.45) is 2.33. The van der Waals surface area contributed by atoms with Crippen molar-refractivity contribution in [3.8, 4) is 0 Å². The maximum absolute atomic E-state index is 13.7. The zero-order valence-corrected chi connectivity index (χ0v) is 10.3. The minimum atomic E-state index is -1.21. The standard InChI is InChI=1S/C13H15FN2O3/c14-9-6-8(11(17)18)2-3-10(9)16-12(19)13(7-15)4-1-5-13/h2-3,6H,1,4-5,7,15H2,(H,16,19)(H,17,18). The number of rotatable bonds is 4. The summed E-state index contributed by atoms with van der Waals surface area (Å²) in [4.78, 5) is 22.7. The molecule has 5 nitrogen and oxygen atoms in total. The molecule has 1 aliphatic carbocycles. The summed E-state index contributed by atoms with van der Waals surface area (Å²) in [5.74, 6) is -2.28. The molecule has 0 atom stereocenters. The first-order chi connectivity index (χ1) is 8.98. The van der Waals surface area contributed by atoms with Gasteiger partial charge in [-0.2, -0.15) is 0 Å². The van der Waals surface area contributed by atoms with Crippen LogP contribution in [0.5, 0.6) is 0 Å². The number of benzene rings is 1. The van der Waals surface area contributed by atoms with Crippen molar-refractivity contribution in [2.75, 3.05) is 11.9 Å². The van der Waals surface area contributed by atoms with Crippen molar-refractivity contribution < 1.29 is 19.1 Å². The quantitative estimate of drug-likeness (QED) is 0.771. The fourth-order valence-electron chi connectivity index (χ4n) is 2.13. The lowest BCUT2D eigenvalue weighted by atomic mass is 9.68. The van der Waals surface area contributed by atoms with Crippen molar-refractivity contribution in [2.24, 2.45) is 11.1 Å². The first kappa shape index (κ1) is 13.5. The third kappa shape index (κ3) is 2.44. The Hall–Kier alpha value is -1.95. The van der Waals surface area contributed by atoms with Crippen LogP contribution in [0.25, 0.3) is 0 Å². The topological polar surface area (TPSA) is 92.4 Å². The normalized spacial score (nSPS) is 16.5. The van der Waals surface area contributed by atoms with E-state index in [0.717, 1.165) is 12.5 Å². The second kappa shape index (κ2) is 4.97. The molecule has 1 amide bonds. The van der Waals surface area contributed by atoms with Gasteiger partial charge in [-0.05, 0) is 31.0 Å². The van der Waals surface area contributed by atoms with E-state index in [2.05, 4.69) is 5.32 Å². The van der Waals surface area contributed by atoms with Crippen molar-refractivity contribution in [3.05, 3.63) is 29.6 Å². The van der Waals surface area contributed by atoms with Gasteiger partial charge in [-0.1, -0.05) is 6.42 Å². The summed E-state index contributed by atoms with van der Waals surface area (Å²) >= 11 is 0. The summed E-state index contributed by atoms with van der Waals surface area (Å²) < 4.78 is 13.7. The number of hydrogen-bond donors (Lipinski definition) is 3. The highest BCUT2D eigenvalue weighted by atomic mass is 19.1. The largest absolute Gasteiger partial charge is 0.478 e. The number of aromatic carboxylic acids is 1. The van der Waals surface area contributed by atoms with Gasteiger partial charge >= 0.3 is 5.97 Å². The molecule has 1 aliphatic rings. The number of carboxylic acids is 1. The first-order valence-corrected chi connectivity index (χ1v) is 6.03. The van der Waals surface area contributed by atoms with Crippen molar-refractivity contribution in [1.29, 1.82) is 0 Å². The molecule has 2 rings (SSSR count). The van der Waals surface area contributed by atoms with E-state index in [1.54, 1.807) is 0 Å². The second-order valence-electron chi connectivity index (χ2n) is 4.79. The number of hydrogen-bond acceptors (Lipinski definition) is 3. The monoisotopic (exact) mass is 266 g/mol. The molecular weight excluding hydrogens is 251 g/mol. The lowest BCUT2D eigenvalue weighted by Gasteiger charge is -2.39. The Morgan fingerprint density at radius 1 is 1.42 bits per heavy atom. The highest BCUT2D eigenvalue weighted by Crippen LogP contribution is 2.40. The molecule has 0 aromatic heterocycles. The van der Waals surface area contributed by atoms with Crippen molar-refractivity contribution in [2.45, 2.75) is 19.3 Å². The van der Waals surface area contributed by atoms with Gasteiger partial charge < -0.3 is 16.2 Å². The number of nitrogens with one attached hydrogen (secondary N) is 1. The highest BCUT2D eigenvalue weighted by molar-refractivity contribution is 5.97. The highest BCUT2D eigenvalue weighted by Gasteiger charge is 2.42. The molecule has 19 heavy (non-hydrogen) atoms. The fraction of sp³-hybridized carbons (Fsp3) is 0.385. The third-order valence-corrected chi connectivity index (χ3v) is 3.65. The number of anilines is 1. The summed E-state index contributed by atoms with van der Waals surface area (Å²) in [6, 6.07) is 3.38. The molecule has 0 radical (unpaired) electrons. The van der Waals surface area contributed by atoms with Crippen LogP contribution in [-0.2, 0) is 4.79 Å². The molecule has 0 heterocycles. The average molecular weight is 266 g/mol. The minimum absolute atomic E-state index is 0.0188. The van der Waals surface area contributed by atoms with Gasteiger partial charge in [0.05, 0.1) is 16.7 Å². The van der Waals surface area contributed by atoms with Gasteiger partial charge in [-0.25, -0.2) is 9.18 Å². The maximum Gasteiger partial charge on any atom is 0.335 e. The van der Waals surface area contributed by atoms with Gasteiger partial charge in [0.1, 0.15) is 5.82 Å². The van der Waals surface area contributed by atoms with Crippen LogP contribution >= 0.6 is 0 Å². The van der Waals surface area contributed by atoms with E-state index in [4.69, 9.17) is 10.8 Å². The molecule has 0 saturated heterocycles. The number of nitrogens with two attached hydrogens (primary N) is 1. The Morgan fingerprint density at radius 2 is 2.11 bits per heavy atom. The Kier molecular flexibility index (Phi) is 3.53. The summed E-state index contributed by atoms with van der Waals surface area (Å²) in [5, 5.41) is 11.2. The second-order valence-corrected chi connectivity index (χ2v) is 4.79. The van der Waals surface area contributed by atoms with Gasteiger partial charge in [-0.3, -0.25) is 4.79 Å². The third-order valence-electron chi connectivity index (χ3n) is 3.65. The molecule has 102 valence electrons. The first-order valence-electron chi connectivity index (χ1n) is 6.03. The van der Waals surface area contributed by atoms with Crippen LogP contribution in [-0.4, -0.2) is 23.5 Å². The molecule has 1 saturated carbocycles. The minimum Gasteiger partial charge on any atom is -0.478 e.